The maximum atomic E-state index is 12.5. The van der Waals surface area contributed by atoms with E-state index in [1.54, 1.807) is 6.92 Å². The number of likely N-dealkylation sites (tertiary alicyclic amines) is 1. The molecule has 2 atom stereocenters. The molecule has 0 bridgehead atoms. The Morgan fingerprint density at radius 2 is 1.91 bits per heavy atom. The SMILES string of the molecule is CC(=O)c1c(C)n(-c2ccc(C)cc2)c2ccc(OC[C@H](O)CN3CCCC[C@@H]3C)cc12. The zero-order chi connectivity index (χ0) is 22.8. The summed E-state index contributed by atoms with van der Waals surface area (Å²) in [6, 6.07) is 14.7. The van der Waals surface area contributed by atoms with E-state index in [0.29, 0.717) is 23.9 Å². The van der Waals surface area contributed by atoms with Gasteiger partial charge in [0, 0.05) is 34.9 Å². The number of carbonyl (C=O) groups is 1. The van der Waals surface area contributed by atoms with Crippen LogP contribution in [0.15, 0.2) is 42.5 Å². The van der Waals surface area contributed by atoms with Crippen molar-refractivity contribution in [2.24, 2.45) is 0 Å². The van der Waals surface area contributed by atoms with Crippen LogP contribution in [-0.4, -0.2) is 52.2 Å². The molecule has 4 rings (SSSR count). The molecule has 0 spiro atoms. The van der Waals surface area contributed by atoms with Crippen LogP contribution >= 0.6 is 0 Å². The molecule has 3 aromatic rings. The number of benzene rings is 2. The second-order valence-corrected chi connectivity index (χ2v) is 9.17. The number of ketones is 1. The van der Waals surface area contributed by atoms with E-state index in [-0.39, 0.29) is 12.4 Å². The molecule has 0 saturated carbocycles. The predicted molar refractivity (Wildman–Crippen MR) is 129 cm³/mol. The Morgan fingerprint density at radius 3 is 2.59 bits per heavy atom. The average molecular weight is 435 g/mol. The van der Waals surface area contributed by atoms with Gasteiger partial charge < -0.3 is 14.4 Å². The highest BCUT2D eigenvalue weighted by Crippen LogP contribution is 2.32. The number of rotatable bonds is 7. The molecule has 32 heavy (non-hydrogen) atoms. The molecule has 2 aromatic carbocycles. The van der Waals surface area contributed by atoms with Crippen LogP contribution in [0.2, 0.25) is 0 Å². The van der Waals surface area contributed by atoms with Gasteiger partial charge in [0.2, 0.25) is 0 Å². The smallest absolute Gasteiger partial charge is 0.162 e. The van der Waals surface area contributed by atoms with Crippen LogP contribution < -0.4 is 4.74 Å². The lowest BCUT2D eigenvalue weighted by Gasteiger charge is -2.34. The summed E-state index contributed by atoms with van der Waals surface area (Å²) in [6.45, 7) is 9.80. The summed E-state index contributed by atoms with van der Waals surface area (Å²) in [5, 5.41) is 11.4. The molecule has 1 fully saturated rings. The number of ether oxygens (including phenoxy) is 1. The third kappa shape index (κ3) is 4.59. The van der Waals surface area contributed by atoms with Crippen LogP contribution in [0.4, 0.5) is 0 Å². The molecule has 0 aliphatic carbocycles. The van der Waals surface area contributed by atoms with Crippen molar-refractivity contribution in [2.45, 2.75) is 59.1 Å². The molecule has 0 unspecified atom stereocenters. The number of hydrogen-bond donors (Lipinski definition) is 1. The number of aryl methyl sites for hydroxylation is 1. The van der Waals surface area contributed by atoms with E-state index in [1.807, 2.05) is 25.1 Å². The zero-order valence-electron chi connectivity index (χ0n) is 19.6. The lowest BCUT2D eigenvalue weighted by molar-refractivity contribution is 0.0438. The Kier molecular flexibility index (Phi) is 6.68. The Balaban J connectivity index is 1.57. The number of Topliss-reactive ketones (excluding diaryl/α,β-unsaturated/α-hetero) is 1. The van der Waals surface area contributed by atoms with Gasteiger partial charge in [-0.2, -0.15) is 0 Å². The molecule has 5 nitrogen and oxygen atoms in total. The number of piperidine rings is 1. The second kappa shape index (κ2) is 9.47. The van der Waals surface area contributed by atoms with Crippen LogP contribution in [0.1, 0.15) is 54.7 Å². The highest BCUT2D eigenvalue weighted by Gasteiger charge is 2.22. The normalized spacial score (nSPS) is 18.1. The Hall–Kier alpha value is -2.63. The average Bonchev–Trinajstić information content (AvgIpc) is 3.06. The first kappa shape index (κ1) is 22.6. The number of aliphatic hydroxyl groups excluding tert-OH is 1. The number of carbonyl (C=O) groups excluding carboxylic acids is 1. The topological polar surface area (TPSA) is 54.7 Å². The van der Waals surface area contributed by atoms with E-state index >= 15 is 0 Å². The molecule has 1 aromatic heterocycles. The summed E-state index contributed by atoms with van der Waals surface area (Å²) >= 11 is 0. The summed E-state index contributed by atoms with van der Waals surface area (Å²) in [5.41, 5.74) is 4.85. The minimum atomic E-state index is -0.544. The standard InChI is InChI=1S/C27H34N2O3/c1-18-8-10-22(11-9-18)29-20(3)27(21(4)30)25-15-24(12-13-26(25)29)32-17-23(31)16-28-14-6-5-7-19(28)2/h8-13,15,19,23,31H,5-7,14,16-17H2,1-4H3/t19-,23+/m0/s1. The van der Waals surface area contributed by atoms with Crippen molar-refractivity contribution in [3.63, 3.8) is 0 Å². The Morgan fingerprint density at radius 1 is 1.16 bits per heavy atom. The molecule has 1 saturated heterocycles. The maximum Gasteiger partial charge on any atom is 0.162 e. The van der Waals surface area contributed by atoms with Gasteiger partial charge in [-0.3, -0.25) is 9.69 Å². The van der Waals surface area contributed by atoms with E-state index < -0.39 is 6.10 Å². The summed E-state index contributed by atoms with van der Waals surface area (Å²) in [4.78, 5) is 14.9. The highest BCUT2D eigenvalue weighted by molar-refractivity contribution is 6.09. The first-order valence-corrected chi connectivity index (χ1v) is 11.6. The van der Waals surface area contributed by atoms with Crippen LogP contribution in [0.25, 0.3) is 16.6 Å². The molecule has 0 amide bonds. The van der Waals surface area contributed by atoms with E-state index in [9.17, 15) is 9.90 Å². The second-order valence-electron chi connectivity index (χ2n) is 9.17. The summed E-state index contributed by atoms with van der Waals surface area (Å²) in [5.74, 6) is 0.710. The number of hydrogen-bond acceptors (Lipinski definition) is 4. The van der Waals surface area contributed by atoms with E-state index in [2.05, 4.69) is 47.6 Å². The summed E-state index contributed by atoms with van der Waals surface area (Å²) < 4.78 is 8.09. The third-order valence-corrected chi connectivity index (χ3v) is 6.65. The van der Waals surface area contributed by atoms with Crippen LogP contribution in [-0.2, 0) is 0 Å². The zero-order valence-corrected chi connectivity index (χ0v) is 19.6. The number of aliphatic hydroxyl groups is 1. The minimum Gasteiger partial charge on any atom is -0.491 e. The van der Waals surface area contributed by atoms with Crippen LogP contribution in [0.3, 0.4) is 0 Å². The van der Waals surface area contributed by atoms with Crippen molar-refractivity contribution in [3.05, 3.63) is 59.3 Å². The van der Waals surface area contributed by atoms with Gasteiger partial charge >= 0.3 is 0 Å². The lowest BCUT2D eigenvalue weighted by atomic mass is 10.0. The van der Waals surface area contributed by atoms with Crippen molar-refractivity contribution < 1.29 is 14.6 Å². The van der Waals surface area contributed by atoms with Crippen molar-refractivity contribution in [3.8, 4) is 11.4 Å². The fraction of sp³-hybridized carbons (Fsp3) is 0.444. The van der Waals surface area contributed by atoms with Crippen molar-refractivity contribution in [1.29, 1.82) is 0 Å². The lowest BCUT2D eigenvalue weighted by Crippen LogP contribution is -2.43. The predicted octanol–water partition coefficient (Wildman–Crippen LogP) is 5.06. The molecule has 1 aliphatic heterocycles. The molecule has 0 radical (unpaired) electrons. The number of aromatic nitrogens is 1. The Bertz CT molecular complexity index is 1100. The van der Waals surface area contributed by atoms with Gasteiger partial charge in [0.1, 0.15) is 18.5 Å². The molecular formula is C27H34N2O3. The Labute approximate surface area is 190 Å². The van der Waals surface area contributed by atoms with Gasteiger partial charge in [-0.05, 0) is 77.4 Å². The molecule has 5 heteroatoms. The number of fused-ring (bicyclic) bond motifs is 1. The first-order chi connectivity index (χ1) is 15.3. The van der Waals surface area contributed by atoms with Gasteiger partial charge in [-0.25, -0.2) is 0 Å². The van der Waals surface area contributed by atoms with Gasteiger partial charge in [0.15, 0.2) is 5.78 Å². The van der Waals surface area contributed by atoms with Crippen LogP contribution in [0, 0.1) is 13.8 Å². The van der Waals surface area contributed by atoms with Gasteiger partial charge in [-0.15, -0.1) is 0 Å². The van der Waals surface area contributed by atoms with E-state index in [0.717, 1.165) is 28.8 Å². The maximum absolute atomic E-state index is 12.5. The fourth-order valence-corrected chi connectivity index (χ4v) is 4.90. The third-order valence-electron chi connectivity index (χ3n) is 6.65. The van der Waals surface area contributed by atoms with Crippen molar-refractivity contribution in [1.82, 2.24) is 9.47 Å². The number of β-amino-alcohol motifs (C(OH)–C–C–N with tert-alkyl or cyclic N) is 1. The monoisotopic (exact) mass is 434 g/mol. The fourth-order valence-electron chi connectivity index (χ4n) is 4.90. The van der Waals surface area contributed by atoms with Crippen molar-refractivity contribution in [2.75, 3.05) is 19.7 Å². The molecule has 170 valence electrons. The molecule has 1 N–H and O–H groups in total. The molecular weight excluding hydrogens is 400 g/mol. The highest BCUT2D eigenvalue weighted by atomic mass is 16.5. The van der Waals surface area contributed by atoms with Crippen LogP contribution in [0.5, 0.6) is 5.75 Å². The van der Waals surface area contributed by atoms with E-state index in [4.69, 9.17) is 4.74 Å². The molecule has 1 aliphatic rings. The quantitative estimate of drug-likeness (QED) is 0.528. The van der Waals surface area contributed by atoms with Gasteiger partial charge in [-0.1, -0.05) is 24.1 Å². The van der Waals surface area contributed by atoms with Crippen molar-refractivity contribution >= 4 is 16.7 Å². The minimum absolute atomic E-state index is 0.0367. The summed E-state index contributed by atoms with van der Waals surface area (Å²) in [7, 11) is 0. The largest absolute Gasteiger partial charge is 0.491 e. The molecule has 2 heterocycles. The summed E-state index contributed by atoms with van der Waals surface area (Å²) in [6.07, 6.45) is 3.11. The first-order valence-electron chi connectivity index (χ1n) is 11.6. The van der Waals surface area contributed by atoms with Gasteiger partial charge in [0.05, 0.1) is 5.52 Å². The van der Waals surface area contributed by atoms with Gasteiger partial charge in [0.25, 0.3) is 0 Å². The van der Waals surface area contributed by atoms with E-state index in [1.165, 1.54) is 24.8 Å². The number of nitrogens with zero attached hydrogens (tertiary/aromatic N) is 2.